The Labute approximate surface area is 90.8 Å². The monoisotopic (exact) mass is 230 g/mol. The molecule has 0 aliphatic rings. The lowest BCUT2D eigenvalue weighted by Crippen LogP contribution is -1.99. The van der Waals surface area contributed by atoms with E-state index in [1.165, 1.54) is 0 Å². The molecule has 6 nitrogen and oxygen atoms in total. The molecule has 0 aromatic heterocycles. The molecule has 0 amide bonds. The van der Waals surface area contributed by atoms with Crippen LogP contribution >= 0.6 is 7.82 Å². The molecule has 0 aliphatic carbocycles. The van der Waals surface area contributed by atoms with Crippen molar-refractivity contribution in [1.82, 2.24) is 0 Å². The van der Waals surface area contributed by atoms with E-state index < -0.39 is 33.6 Å². The van der Waals surface area contributed by atoms with Crippen molar-refractivity contribution in [2.75, 3.05) is 21.2 Å². The van der Waals surface area contributed by atoms with Gasteiger partial charge in [0.05, 0.1) is 21.4 Å². The molecule has 0 unspecified atom stereocenters. The van der Waals surface area contributed by atoms with Gasteiger partial charge in [-0.15, -0.1) is 0 Å². The molecule has 0 radical (unpaired) electrons. The molecule has 0 spiro atoms. The summed E-state index contributed by atoms with van der Waals surface area (Å²) in [4.78, 5) is 10.9. The SMILES string of the molecule is [2H]C([2H])([2H])OP(=O)(OC(C)=CC(=O)OC)OC([2H])([2H])[2H]. The summed E-state index contributed by atoms with van der Waals surface area (Å²) in [6, 6.07) is 0. The van der Waals surface area contributed by atoms with Crippen molar-refractivity contribution in [1.29, 1.82) is 0 Å². The van der Waals surface area contributed by atoms with E-state index >= 15 is 0 Å². The second-order valence-corrected chi connectivity index (χ2v) is 3.44. The summed E-state index contributed by atoms with van der Waals surface area (Å²) in [6.07, 6.45) is 0.707. The number of carbonyl (C=O) groups excluding carboxylic acids is 1. The standard InChI is InChI=1S/C7H13O6P/c1-6(5-7(8)10-2)13-14(9,11-3)12-4/h5H,1-4H3/i3D3,4D3. The number of hydrogen-bond acceptors (Lipinski definition) is 6. The Kier molecular flexibility index (Phi) is 2.44. The minimum Gasteiger partial charge on any atom is -0.466 e. The Hall–Kier alpha value is -0.840. The Bertz CT molecular complexity index is 407. The van der Waals surface area contributed by atoms with E-state index in [0.29, 0.717) is 6.08 Å². The topological polar surface area (TPSA) is 71.1 Å². The van der Waals surface area contributed by atoms with Crippen LogP contribution in [0.5, 0.6) is 0 Å². The summed E-state index contributed by atoms with van der Waals surface area (Å²) < 4.78 is 69.6. The van der Waals surface area contributed by atoms with Gasteiger partial charge in [-0.25, -0.2) is 9.36 Å². The van der Waals surface area contributed by atoms with Crippen molar-refractivity contribution in [3.63, 3.8) is 0 Å². The van der Waals surface area contributed by atoms with Crippen LogP contribution in [-0.2, 0) is 27.7 Å². The fourth-order valence-electron chi connectivity index (χ4n) is 0.483. The van der Waals surface area contributed by atoms with Crippen molar-refractivity contribution in [3.05, 3.63) is 11.8 Å². The van der Waals surface area contributed by atoms with Gasteiger partial charge in [-0.3, -0.25) is 9.05 Å². The number of methoxy groups -OCH3 is 1. The first-order valence-electron chi connectivity index (χ1n) is 6.24. The largest absolute Gasteiger partial charge is 0.529 e. The van der Waals surface area contributed by atoms with Crippen LogP contribution in [0.1, 0.15) is 15.1 Å². The second-order valence-electron chi connectivity index (χ2n) is 2.00. The van der Waals surface area contributed by atoms with Crippen molar-refractivity contribution in [3.8, 4) is 0 Å². The fraction of sp³-hybridized carbons (Fsp3) is 0.571. The normalized spacial score (nSPS) is 20.6. The van der Waals surface area contributed by atoms with E-state index in [2.05, 4.69) is 18.3 Å². The quantitative estimate of drug-likeness (QED) is 0.308. The highest BCUT2D eigenvalue weighted by atomic mass is 31.2. The Balaban J connectivity index is 5.19. The molecule has 7 heteroatoms. The maximum atomic E-state index is 11.9. The molecule has 0 aromatic rings. The number of hydrogen-bond donors (Lipinski definition) is 0. The minimum absolute atomic E-state index is 0.409. The molecule has 82 valence electrons. The summed E-state index contributed by atoms with van der Waals surface area (Å²) >= 11 is 0. The lowest BCUT2D eigenvalue weighted by atomic mass is 10.5. The summed E-state index contributed by atoms with van der Waals surface area (Å²) in [7, 11) is -10.4. The van der Waals surface area contributed by atoms with Crippen LogP contribution in [0.3, 0.4) is 0 Å². The summed E-state index contributed by atoms with van der Waals surface area (Å²) in [6.45, 7) is 1.11. The first kappa shape index (κ1) is 5.90. The maximum Gasteiger partial charge on any atom is 0.529 e. The molecule has 0 fully saturated rings. The zero-order valence-electron chi connectivity index (χ0n) is 13.5. The molecule has 14 heavy (non-hydrogen) atoms. The smallest absolute Gasteiger partial charge is 0.466 e. The number of rotatable bonds is 5. The molecule has 0 heterocycles. The Morgan fingerprint density at radius 2 is 2.00 bits per heavy atom. The van der Waals surface area contributed by atoms with Crippen LogP contribution in [0.4, 0.5) is 0 Å². The minimum atomic E-state index is -4.99. The first-order valence-corrected chi connectivity index (χ1v) is 4.70. The zero-order chi connectivity index (χ0) is 16.2. The molecule has 0 bridgehead atoms. The molecule has 0 N–H and O–H groups in total. The lowest BCUT2D eigenvalue weighted by molar-refractivity contribution is -0.135. The van der Waals surface area contributed by atoms with Gasteiger partial charge in [0.25, 0.3) is 0 Å². The van der Waals surface area contributed by atoms with E-state index in [4.69, 9.17) is 8.22 Å². The van der Waals surface area contributed by atoms with Gasteiger partial charge in [-0.1, -0.05) is 0 Å². The Morgan fingerprint density at radius 3 is 2.43 bits per heavy atom. The third kappa shape index (κ3) is 4.41. The summed E-state index contributed by atoms with van der Waals surface area (Å²) in [5, 5.41) is 0. The van der Waals surface area contributed by atoms with Gasteiger partial charge >= 0.3 is 13.8 Å². The molecule has 0 aliphatic heterocycles. The second kappa shape index (κ2) is 5.80. The van der Waals surface area contributed by atoms with Crippen LogP contribution in [-0.4, -0.2) is 27.2 Å². The number of ether oxygens (including phenoxy) is 1. The number of carbonyl (C=O) groups is 1. The predicted octanol–water partition coefficient (Wildman–Crippen LogP) is 1.48. The van der Waals surface area contributed by atoms with E-state index in [0.717, 1.165) is 14.0 Å². The third-order valence-corrected chi connectivity index (χ3v) is 1.96. The number of esters is 1. The molecule has 0 rings (SSSR count). The van der Waals surface area contributed by atoms with Gasteiger partial charge in [0.2, 0.25) is 0 Å². The predicted molar refractivity (Wildman–Crippen MR) is 48.5 cm³/mol. The molecular weight excluding hydrogens is 211 g/mol. The van der Waals surface area contributed by atoms with Crippen molar-refractivity contribution in [2.24, 2.45) is 0 Å². The summed E-state index contributed by atoms with van der Waals surface area (Å²) in [5.74, 6) is -1.30. The van der Waals surface area contributed by atoms with Crippen LogP contribution in [0.15, 0.2) is 11.8 Å². The highest BCUT2D eigenvalue weighted by molar-refractivity contribution is 7.48. The molecule has 0 atom stereocenters. The van der Waals surface area contributed by atoms with Gasteiger partial charge in [-0.05, 0) is 6.92 Å². The fourth-order valence-corrected chi connectivity index (χ4v) is 1.00. The number of phosphoric ester groups is 1. The highest BCUT2D eigenvalue weighted by Crippen LogP contribution is 2.49. The van der Waals surface area contributed by atoms with E-state index in [9.17, 15) is 9.36 Å². The average molecular weight is 230 g/mol. The maximum absolute atomic E-state index is 11.9. The first-order chi connectivity index (χ1) is 8.76. The highest BCUT2D eigenvalue weighted by Gasteiger charge is 2.24. The van der Waals surface area contributed by atoms with Gasteiger partial charge in [0, 0.05) is 14.1 Å². The van der Waals surface area contributed by atoms with Gasteiger partial charge in [0.1, 0.15) is 5.76 Å². The zero-order valence-corrected chi connectivity index (χ0v) is 8.37. The molecular formula is C7H13O6P. The molecule has 0 aromatic carbocycles. The van der Waals surface area contributed by atoms with Gasteiger partial charge < -0.3 is 9.26 Å². The molecule has 0 saturated heterocycles. The van der Waals surface area contributed by atoms with Crippen LogP contribution < -0.4 is 0 Å². The van der Waals surface area contributed by atoms with Crippen molar-refractivity contribution >= 4 is 13.8 Å². The van der Waals surface area contributed by atoms with Gasteiger partial charge in [-0.2, -0.15) is 0 Å². The van der Waals surface area contributed by atoms with E-state index in [-0.39, 0.29) is 0 Å². The number of allylic oxidation sites excluding steroid dienone is 1. The van der Waals surface area contributed by atoms with E-state index in [1.807, 2.05) is 0 Å². The van der Waals surface area contributed by atoms with Crippen molar-refractivity contribution in [2.45, 2.75) is 6.92 Å². The molecule has 0 saturated carbocycles. The lowest BCUT2D eigenvalue weighted by Gasteiger charge is -2.13. The van der Waals surface area contributed by atoms with Crippen LogP contribution in [0.2, 0.25) is 0 Å². The van der Waals surface area contributed by atoms with E-state index in [1.54, 1.807) is 0 Å². The van der Waals surface area contributed by atoms with Crippen molar-refractivity contribution < 1.29 is 35.9 Å². The number of phosphoric acid groups is 1. The Morgan fingerprint density at radius 1 is 1.43 bits per heavy atom. The average Bonchev–Trinajstić information content (AvgIpc) is 2.09. The summed E-state index contributed by atoms with van der Waals surface area (Å²) in [5.41, 5.74) is 0. The van der Waals surface area contributed by atoms with Crippen LogP contribution in [0.25, 0.3) is 0 Å². The van der Waals surface area contributed by atoms with Gasteiger partial charge in [0.15, 0.2) is 0 Å². The third-order valence-electron chi connectivity index (χ3n) is 1.00. The van der Waals surface area contributed by atoms with Crippen LogP contribution in [0, 0.1) is 0 Å².